The van der Waals surface area contributed by atoms with Gasteiger partial charge in [-0.15, -0.1) is 0 Å². The molecule has 0 heterocycles. The summed E-state index contributed by atoms with van der Waals surface area (Å²) in [4.78, 5) is 0. The van der Waals surface area contributed by atoms with E-state index in [1.807, 2.05) is 6.92 Å². The molecule has 34 heavy (non-hydrogen) atoms. The van der Waals surface area contributed by atoms with E-state index in [1.165, 1.54) is 6.42 Å². The highest BCUT2D eigenvalue weighted by atomic mass is 32.2. The SMILES string of the molecule is CC[C@@H]1[C@@H]2C[C@H](O)CC[C@]2(C)C2CC[C@@]3(C)C(CC[C@@H]3[C@@H](C)C[C@@H](C)CS(=O)(=O)O)C2[C@]1(C)O. The van der Waals surface area contributed by atoms with Gasteiger partial charge in [0.2, 0.25) is 0 Å². The molecule has 3 N–H and O–H groups in total. The molecule has 0 saturated heterocycles. The van der Waals surface area contributed by atoms with Crippen molar-refractivity contribution in [3.8, 4) is 0 Å². The minimum Gasteiger partial charge on any atom is -0.393 e. The van der Waals surface area contributed by atoms with Crippen LogP contribution in [0.25, 0.3) is 0 Å². The second kappa shape index (κ2) is 8.99. The molecule has 0 aromatic carbocycles. The predicted octanol–water partition coefficient (Wildman–Crippen LogP) is 5.55. The number of hydrogen-bond acceptors (Lipinski definition) is 4. The maximum absolute atomic E-state index is 12.3. The average Bonchev–Trinajstić information content (AvgIpc) is 3.05. The first-order valence-corrected chi connectivity index (χ1v) is 15.6. The van der Waals surface area contributed by atoms with Gasteiger partial charge in [0, 0.05) is 0 Å². The van der Waals surface area contributed by atoms with E-state index >= 15 is 0 Å². The van der Waals surface area contributed by atoms with Gasteiger partial charge in [-0.2, -0.15) is 8.42 Å². The fourth-order valence-corrected chi connectivity index (χ4v) is 11.5. The van der Waals surface area contributed by atoms with Gasteiger partial charge >= 0.3 is 0 Å². The van der Waals surface area contributed by atoms with Crippen molar-refractivity contribution in [2.45, 2.75) is 111 Å². The molecule has 4 fully saturated rings. The number of aliphatic hydroxyl groups excluding tert-OH is 1. The molecule has 12 atom stereocenters. The second-order valence-electron chi connectivity index (χ2n) is 13.8. The highest BCUT2D eigenvalue weighted by Crippen LogP contribution is 2.71. The highest BCUT2D eigenvalue weighted by molar-refractivity contribution is 7.85. The predicted molar refractivity (Wildman–Crippen MR) is 136 cm³/mol. The third-order valence-corrected chi connectivity index (χ3v) is 12.9. The van der Waals surface area contributed by atoms with Crippen LogP contribution in [0.2, 0.25) is 0 Å². The summed E-state index contributed by atoms with van der Waals surface area (Å²) in [6.07, 6.45) is 8.97. The monoisotopic (exact) mass is 498 g/mol. The lowest BCUT2D eigenvalue weighted by Crippen LogP contribution is -2.66. The lowest BCUT2D eigenvalue weighted by molar-refractivity contribution is -0.245. The van der Waals surface area contributed by atoms with E-state index in [-0.39, 0.29) is 34.5 Å². The van der Waals surface area contributed by atoms with Crippen LogP contribution in [-0.2, 0) is 10.1 Å². The van der Waals surface area contributed by atoms with Crippen LogP contribution in [0.1, 0.15) is 99.3 Å². The highest BCUT2D eigenvalue weighted by Gasteiger charge is 2.68. The van der Waals surface area contributed by atoms with Gasteiger partial charge in [-0.1, -0.05) is 41.0 Å². The normalized spacial score (nSPS) is 50.7. The molecule has 4 saturated carbocycles. The van der Waals surface area contributed by atoms with Gasteiger partial charge in [-0.25, -0.2) is 0 Å². The largest absolute Gasteiger partial charge is 0.393 e. The maximum atomic E-state index is 12.3. The molecule has 6 heteroatoms. The molecular formula is C28H50O5S. The molecule has 0 bridgehead atoms. The Hall–Kier alpha value is -0.170. The van der Waals surface area contributed by atoms with E-state index in [1.54, 1.807) is 0 Å². The number of rotatable bonds is 6. The zero-order valence-corrected chi connectivity index (χ0v) is 23.2. The first kappa shape index (κ1) is 26.9. The first-order valence-electron chi connectivity index (χ1n) is 14.0. The van der Waals surface area contributed by atoms with Crippen LogP contribution in [0.4, 0.5) is 0 Å². The quantitative estimate of drug-likeness (QED) is 0.417. The number of hydrogen-bond donors (Lipinski definition) is 3. The van der Waals surface area contributed by atoms with Gasteiger partial charge in [0.05, 0.1) is 17.5 Å². The summed E-state index contributed by atoms with van der Waals surface area (Å²) >= 11 is 0. The molecule has 3 unspecified atom stereocenters. The molecule has 0 amide bonds. The summed E-state index contributed by atoms with van der Waals surface area (Å²) in [7, 11) is -3.94. The molecule has 4 aliphatic rings. The Morgan fingerprint density at radius 3 is 2.18 bits per heavy atom. The first-order chi connectivity index (χ1) is 15.6. The van der Waals surface area contributed by atoms with E-state index < -0.39 is 15.7 Å². The van der Waals surface area contributed by atoms with Crippen molar-refractivity contribution in [2.24, 2.45) is 58.2 Å². The van der Waals surface area contributed by atoms with Gasteiger partial charge in [0.15, 0.2) is 0 Å². The summed E-state index contributed by atoms with van der Waals surface area (Å²) in [6, 6.07) is 0. The molecule has 0 aromatic heterocycles. The van der Waals surface area contributed by atoms with E-state index in [4.69, 9.17) is 0 Å². The Balaban J connectivity index is 1.62. The van der Waals surface area contributed by atoms with Gasteiger partial charge in [0.25, 0.3) is 10.1 Å². The van der Waals surface area contributed by atoms with Crippen molar-refractivity contribution in [1.29, 1.82) is 0 Å². The minimum absolute atomic E-state index is 0.0559. The van der Waals surface area contributed by atoms with E-state index in [0.29, 0.717) is 35.5 Å². The van der Waals surface area contributed by atoms with Gasteiger partial charge in [-0.3, -0.25) is 4.55 Å². The Labute approximate surface area is 208 Å². The Morgan fingerprint density at radius 1 is 0.941 bits per heavy atom. The topological polar surface area (TPSA) is 94.8 Å². The van der Waals surface area contributed by atoms with Crippen LogP contribution < -0.4 is 0 Å². The standard InChI is InChI=1S/C28H50O5S/c1-7-20-24-15-19(29)10-12-27(24,5)23-11-13-26(4)21(8-9-22(26)25(23)28(20,6)30)18(3)14-17(2)16-34(31,32)33/h17-25,29-30H,7-16H2,1-6H3,(H,31,32,33)/t17-,18+,19-,20-,21-,22?,23?,24+,25?,26-,27-,28-/m1/s1. The number of fused-ring (bicyclic) bond motifs is 5. The molecule has 4 rings (SSSR count). The van der Waals surface area contributed by atoms with Gasteiger partial charge < -0.3 is 10.2 Å². The van der Waals surface area contributed by atoms with Crippen LogP contribution in [-0.4, -0.2) is 40.6 Å². The Kier molecular flexibility index (Phi) is 7.11. The van der Waals surface area contributed by atoms with E-state index in [9.17, 15) is 23.2 Å². The van der Waals surface area contributed by atoms with Crippen molar-refractivity contribution in [3.05, 3.63) is 0 Å². The van der Waals surface area contributed by atoms with Crippen molar-refractivity contribution in [3.63, 3.8) is 0 Å². The number of aliphatic hydroxyl groups is 2. The van der Waals surface area contributed by atoms with E-state index in [0.717, 1.165) is 51.4 Å². The Bertz CT molecular complexity index is 855. The van der Waals surface area contributed by atoms with Crippen molar-refractivity contribution < 1.29 is 23.2 Å². The van der Waals surface area contributed by atoms with Crippen LogP contribution >= 0.6 is 0 Å². The van der Waals surface area contributed by atoms with Gasteiger partial charge in [0.1, 0.15) is 0 Å². The zero-order valence-electron chi connectivity index (χ0n) is 22.3. The lowest BCUT2D eigenvalue weighted by atomic mass is 9.38. The minimum atomic E-state index is -3.94. The Morgan fingerprint density at radius 2 is 1.56 bits per heavy atom. The van der Waals surface area contributed by atoms with Gasteiger partial charge in [-0.05, 0) is 116 Å². The van der Waals surface area contributed by atoms with Crippen molar-refractivity contribution in [1.82, 2.24) is 0 Å². The molecule has 0 aromatic rings. The smallest absolute Gasteiger partial charge is 0.265 e. The van der Waals surface area contributed by atoms with Crippen molar-refractivity contribution in [2.75, 3.05) is 5.75 Å². The van der Waals surface area contributed by atoms with Crippen LogP contribution in [0.5, 0.6) is 0 Å². The third kappa shape index (κ3) is 4.31. The summed E-state index contributed by atoms with van der Waals surface area (Å²) < 4.78 is 32.1. The molecule has 0 radical (unpaired) electrons. The zero-order chi connectivity index (χ0) is 25.3. The second-order valence-corrected chi connectivity index (χ2v) is 15.3. The summed E-state index contributed by atoms with van der Waals surface area (Å²) in [5, 5.41) is 22.8. The lowest BCUT2D eigenvalue weighted by Gasteiger charge is -2.68. The fourth-order valence-electron chi connectivity index (χ4n) is 10.7. The van der Waals surface area contributed by atoms with Crippen LogP contribution in [0.15, 0.2) is 0 Å². The summed E-state index contributed by atoms with van der Waals surface area (Å²) in [6.45, 7) is 13.5. The molecule has 198 valence electrons. The van der Waals surface area contributed by atoms with Crippen LogP contribution in [0, 0.1) is 58.2 Å². The van der Waals surface area contributed by atoms with E-state index in [2.05, 4.69) is 34.6 Å². The average molecular weight is 499 g/mol. The maximum Gasteiger partial charge on any atom is 0.265 e. The molecule has 0 spiro atoms. The molecule has 5 nitrogen and oxygen atoms in total. The summed E-state index contributed by atoms with van der Waals surface area (Å²) in [5.74, 6) is 2.61. The molecule has 4 aliphatic carbocycles. The van der Waals surface area contributed by atoms with Crippen LogP contribution in [0.3, 0.4) is 0 Å². The fraction of sp³-hybridized carbons (Fsp3) is 1.00. The molecular weight excluding hydrogens is 448 g/mol. The summed E-state index contributed by atoms with van der Waals surface area (Å²) in [5.41, 5.74) is -0.358. The van der Waals surface area contributed by atoms with Crippen molar-refractivity contribution >= 4 is 10.1 Å². The molecule has 0 aliphatic heterocycles. The third-order valence-electron chi connectivity index (χ3n) is 11.9.